The summed E-state index contributed by atoms with van der Waals surface area (Å²) in [6.45, 7) is -0.516. The van der Waals surface area contributed by atoms with Gasteiger partial charge in [0, 0.05) is 13.0 Å². The molecule has 118 valence electrons. The summed E-state index contributed by atoms with van der Waals surface area (Å²) in [5, 5.41) is 13.5. The predicted molar refractivity (Wildman–Crippen MR) is 65.1 cm³/mol. The molecule has 3 N–H and O–H groups in total. The van der Waals surface area contributed by atoms with E-state index in [4.69, 9.17) is 4.42 Å². The van der Waals surface area contributed by atoms with Gasteiger partial charge in [-0.2, -0.15) is 13.2 Å². The molecule has 21 heavy (non-hydrogen) atoms. The summed E-state index contributed by atoms with van der Waals surface area (Å²) in [5.41, 5.74) is -1.40. The minimum absolute atomic E-state index is 0.0739. The Balaban J connectivity index is 2.39. The molecule has 1 rings (SSSR count). The summed E-state index contributed by atoms with van der Waals surface area (Å²) >= 11 is 0. The summed E-state index contributed by atoms with van der Waals surface area (Å²) in [4.78, 5) is 22.4. The number of alkyl halides is 3. The van der Waals surface area contributed by atoms with Crippen molar-refractivity contribution in [3.63, 3.8) is 0 Å². The van der Waals surface area contributed by atoms with Gasteiger partial charge in [-0.15, -0.1) is 0 Å². The molecular weight excluding hydrogens is 293 g/mol. The molecule has 2 amide bonds. The molecule has 6 nitrogen and oxygen atoms in total. The van der Waals surface area contributed by atoms with Crippen LogP contribution in [-0.2, 0) is 16.0 Å². The van der Waals surface area contributed by atoms with Crippen LogP contribution in [0.4, 0.5) is 13.2 Å². The Labute approximate surface area is 118 Å². The Morgan fingerprint density at radius 1 is 1.24 bits per heavy atom. The molecule has 1 heterocycles. The molecule has 1 atom stereocenters. The van der Waals surface area contributed by atoms with Crippen LogP contribution in [-0.4, -0.2) is 41.8 Å². The van der Waals surface area contributed by atoms with Crippen LogP contribution in [0.2, 0.25) is 0 Å². The number of rotatable bonds is 5. The van der Waals surface area contributed by atoms with Crippen molar-refractivity contribution in [1.82, 2.24) is 10.6 Å². The van der Waals surface area contributed by atoms with E-state index in [1.807, 2.05) is 0 Å². The lowest BCUT2D eigenvalue weighted by Crippen LogP contribution is -2.48. The Hall–Kier alpha value is -2.03. The lowest BCUT2D eigenvalue weighted by Gasteiger charge is -2.22. The number of nitrogens with one attached hydrogen (secondary N) is 2. The highest BCUT2D eigenvalue weighted by Gasteiger charge is 2.30. The van der Waals surface area contributed by atoms with Crippen molar-refractivity contribution in [2.75, 3.05) is 13.1 Å². The van der Waals surface area contributed by atoms with Crippen LogP contribution in [0.1, 0.15) is 12.7 Å². The lowest BCUT2D eigenvalue weighted by atomic mass is 10.0. The van der Waals surface area contributed by atoms with E-state index in [2.05, 4.69) is 5.32 Å². The van der Waals surface area contributed by atoms with Gasteiger partial charge in [0.1, 0.15) is 12.3 Å². The van der Waals surface area contributed by atoms with E-state index in [-0.39, 0.29) is 13.0 Å². The van der Waals surface area contributed by atoms with Gasteiger partial charge < -0.3 is 20.2 Å². The quantitative estimate of drug-likeness (QED) is 0.685. The maximum atomic E-state index is 11.9. The van der Waals surface area contributed by atoms with Crippen molar-refractivity contribution in [2.45, 2.75) is 25.1 Å². The first-order chi connectivity index (χ1) is 9.59. The van der Waals surface area contributed by atoms with E-state index >= 15 is 0 Å². The Kier molecular flexibility index (Phi) is 5.36. The van der Waals surface area contributed by atoms with E-state index in [9.17, 15) is 27.9 Å². The Morgan fingerprint density at radius 3 is 2.29 bits per heavy atom. The number of hydrogen-bond donors (Lipinski definition) is 3. The molecule has 0 aliphatic carbocycles. The average Bonchev–Trinajstić information content (AvgIpc) is 2.84. The van der Waals surface area contributed by atoms with Gasteiger partial charge in [-0.05, 0) is 19.1 Å². The number of carbonyl (C=O) groups excluding carboxylic acids is 2. The summed E-state index contributed by atoms with van der Waals surface area (Å²) in [5.74, 6) is -2.20. The van der Waals surface area contributed by atoms with Crippen molar-refractivity contribution in [1.29, 1.82) is 0 Å². The van der Waals surface area contributed by atoms with Gasteiger partial charge in [-0.1, -0.05) is 0 Å². The van der Waals surface area contributed by atoms with Crippen LogP contribution in [0.5, 0.6) is 0 Å². The largest absolute Gasteiger partial charge is 0.469 e. The highest BCUT2D eigenvalue weighted by atomic mass is 19.4. The highest BCUT2D eigenvalue weighted by Crippen LogP contribution is 2.13. The van der Waals surface area contributed by atoms with Crippen LogP contribution in [0.25, 0.3) is 0 Å². The molecule has 0 aliphatic rings. The fourth-order valence-electron chi connectivity index (χ4n) is 1.46. The Morgan fingerprint density at radius 2 is 1.81 bits per heavy atom. The van der Waals surface area contributed by atoms with Crippen LogP contribution in [0.15, 0.2) is 22.8 Å². The van der Waals surface area contributed by atoms with Gasteiger partial charge in [0.25, 0.3) is 0 Å². The third-order valence-corrected chi connectivity index (χ3v) is 2.42. The van der Waals surface area contributed by atoms with Gasteiger partial charge in [0.2, 0.25) is 0 Å². The van der Waals surface area contributed by atoms with Crippen LogP contribution < -0.4 is 10.6 Å². The number of carbonyl (C=O) groups is 2. The van der Waals surface area contributed by atoms with E-state index in [1.54, 1.807) is 12.1 Å². The van der Waals surface area contributed by atoms with E-state index in [0.717, 1.165) is 0 Å². The normalized spacial score (nSPS) is 14.3. The van der Waals surface area contributed by atoms with Gasteiger partial charge in [0.15, 0.2) is 0 Å². The minimum Gasteiger partial charge on any atom is -0.469 e. The second kappa shape index (κ2) is 6.61. The highest BCUT2D eigenvalue weighted by molar-refractivity contribution is 6.35. The predicted octanol–water partition coefficient (Wildman–Crippen LogP) is 0.368. The number of amides is 2. The first kappa shape index (κ1) is 17.0. The lowest BCUT2D eigenvalue weighted by molar-refractivity contribution is -0.146. The van der Waals surface area contributed by atoms with E-state index in [0.29, 0.717) is 5.76 Å². The number of hydrogen-bond acceptors (Lipinski definition) is 4. The number of aliphatic hydroxyl groups is 1. The summed E-state index contributed by atoms with van der Waals surface area (Å²) in [6.07, 6.45) is -3.11. The zero-order valence-corrected chi connectivity index (χ0v) is 11.2. The van der Waals surface area contributed by atoms with Crippen molar-refractivity contribution in [3.8, 4) is 0 Å². The smallest absolute Gasteiger partial charge is 0.405 e. The van der Waals surface area contributed by atoms with Crippen molar-refractivity contribution >= 4 is 11.8 Å². The molecule has 0 fully saturated rings. The summed E-state index contributed by atoms with van der Waals surface area (Å²) < 4.78 is 40.6. The first-order valence-electron chi connectivity index (χ1n) is 5.97. The molecule has 0 bridgehead atoms. The molecule has 1 unspecified atom stereocenters. The van der Waals surface area contributed by atoms with Crippen LogP contribution in [0.3, 0.4) is 0 Å². The second-order valence-electron chi connectivity index (χ2n) is 4.73. The zero-order valence-electron chi connectivity index (χ0n) is 11.2. The SMILES string of the molecule is CC(O)(CNC(=O)C(=O)NCC(F)(F)F)Cc1ccco1. The molecule has 0 saturated heterocycles. The summed E-state index contributed by atoms with van der Waals surface area (Å²) in [7, 11) is 0. The van der Waals surface area contributed by atoms with E-state index < -0.39 is 30.1 Å². The molecule has 0 radical (unpaired) electrons. The minimum atomic E-state index is -4.60. The van der Waals surface area contributed by atoms with Crippen LogP contribution >= 0.6 is 0 Å². The topological polar surface area (TPSA) is 91.6 Å². The third kappa shape index (κ3) is 6.80. The number of furan rings is 1. The Bertz CT molecular complexity index is 483. The maximum Gasteiger partial charge on any atom is 0.405 e. The second-order valence-corrected chi connectivity index (χ2v) is 4.73. The molecule has 0 saturated carbocycles. The van der Waals surface area contributed by atoms with Gasteiger partial charge in [-0.3, -0.25) is 9.59 Å². The van der Waals surface area contributed by atoms with Crippen molar-refractivity contribution in [3.05, 3.63) is 24.2 Å². The number of halogens is 3. The average molecular weight is 308 g/mol. The van der Waals surface area contributed by atoms with Crippen LogP contribution in [0, 0.1) is 0 Å². The summed E-state index contributed by atoms with van der Waals surface area (Å²) in [6, 6.07) is 3.24. The molecule has 1 aromatic heterocycles. The van der Waals surface area contributed by atoms with Crippen molar-refractivity contribution < 1.29 is 32.3 Å². The molecule has 1 aromatic rings. The first-order valence-corrected chi connectivity index (χ1v) is 5.97. The standard InChI is InChI=1S/C12H15F3N2O4/c1-11(20,5-8-3-2-4-21-8)6-16-9(18)10(19)17-7-12(13,14)15/h2-4,20H,5-7H2,1H3,(H,16,18)(H,17,19). The van der Waals surface area contributed by atoms with Gasteiger partial charge in [-0.25, -0.2) is 0 Å². The van der Waals surface area contributed by atoms with E-state index in [1.165, 1.54) is 18.5 Å². The maximum absolute atomic E-state index is 11.9. The zero-order chi connectivity index (χ0) is 16.1. The molecule has 0 spiro atoms. The molecule has 0 aliphatic heterocycles. The monoisotopic (exact) mass is 308 g/mol. The fraction of sp³-hybridized carbons (Fsp3) is 0.500. The third-order valence-electron chi connectivity index (χ3n) is 2.42. The molecular formula is C12H15F3N2O4. The molecule has 9 heteroatoms. The van der Waals surface area contributed by atoms with Gasteiger partial charge >= 0.3 is 18.0 Å². The van der Waals surface area contributed by atoms with Crippen molar-refractivity contribution in [2.24, 2.45) is 0 Å². The van der Waals surface area contributed by atoms with Gasteiger partial charge in [0.05, 0.1) is 11.9 Å². The fourth-order valence-corrected chi connectivity index (χ4v) is 1.46. The molecule has 0 aromatic carbocycles.